The summed E-state index contributed by atoms with van der Waals surface area (Å²) in [6.45, 7) is 4.30. The van der Waals surface area contributed by atoms with Crippen LogP contribution >= 0.6 is 0 Å². The summed E-state index contributed by atoms with van der Waals surface area (Å²) in [5, 5.41) is 11.2. The van der Waals surface area contributed by atoms with E-state index in [2.05, 4.69) is 10.3 Å². The lowest BCUT2D eigenvalue weighted by molar-refractivity contribution is -0.137. The first-order valence-corrected chi connectivity index (χ1v) is 8.49. The molecule has 2 rings (SSSR count). The summed E-state index contributed by atoms with van der Waals surface area (Å²) in [4.78, 5) is 49.7. The predicted octanol–water partition coefficient (Wildman–Crippen LogP) is 1.90. The molecule has 1 heterocycles. The molecule has 0 saturated heterocycles. The van der Waals surface area contributed by atoms with Gasteiger partial charge >= 0.3 is 5.97 Å². The Morgan fingerprint density at radius 2 is 1.92 bits per heavy atom. The van der Waals surface area contributed by atoms with Gasteiger partial charge in [0.1, 0.15) is 5.56 Å². The molecule has 0 radical (unpaired) electrons. The van der Waals surface area contributed by atoms with Crippen molar-refractivity contribution in [3.8, 4) is 0 Å². The number of nitrogens with one attached hydrogen (secondary N) is 2. The first-order valence-electron chi connectivity index (χ1n) is 8.49. The van der Waals surface area contributed by atoms with Crippen molar-refractivity contribution in [2.24, 2.45) is 5.41 Å². The lowest BCUT2D eigenvalue weighted by Gasteiger charge is -2.29. The predicted molar refractivity (Wildman–Crippen MR) is 91.9 cm³/mol. The highest BCUT2D eigenvalue weighted by atomic mass is 16.4. The SMILES string of the molecule is CC1(C)CC(=O)c2cc(C(=O)NCCCCCC(=O)O)c(=O)[nH]c2C1. The Morgan fingerprint density at radius 3 is 2.60 bits per heavy atom. The maximum atomic E-state index is 12.3. The monoisotopic (exact) mass is 348 g/mol. The summed E-state index contributed by atoms with van der Waals surface area (Å²) in [5.41, 5.74) is 0.263. The van der Waals surface area contributed by atoms with Crippen LogP contribution in [0.3, 0.4) is 0 Å². The van der Waals surface area contributed by atoms with Crippen molar-refractivity contribution in [2.75, 3.05) is 6.54 Å². The minimum absolute atomic E-state index is 0.0580. The van der Waals surface area contributed by atoms with Gasteiger partial charge in [-0.05, 0) is 30.7 Å². The minimum atomic E-state index is -0.836. The number of aromatic nitrogens is 1. The van der Waals surface area contributed by atoms with Crippen LogP contribution in [0.2, 0.25) is 0 Å². The second-order valence-corrected chi connectivity index (χ2v) is 7.31. The smallest absolute Gasteiger partial charge is 0.303 e. The van der Waals surface area contributed by atoms with Gasteiger partial charge in [0.25, 0.3) is 11.5 Å². The molecular weight excluding hydrogens is 324 g/mol. The highest BCUT2D eigenvalue weighted by molar-refractivity contribution is 6.02. The van der Waals surface area contributed by atoms with Crippen LogP contribution in [-0.4, -0.2) is 34.3 Å². The van der Waals surface area contributed by atoms with Gasteiger partial charge in [-0.2, -0.15) is 0 Å². The Hall–Kier alpha value is -2.44. The second kappa shape index (κ2) is 7.63. The first-order chi connectivity index (χ1) is 11.7. The Balaban J connectivity index is 1.99. The van der Waals surface area contributed by atoms with Crippen molar-refractivity contribution in [1.82, 2.24) is 10.3 Å². The molecule has 1 aromatic rings. The van der Waals surface area contributed by atoms with Gasteiger partial charge in [-0.3, -0.25) is 19.2 Å². The fraction of sp³-hybridized carbons (Fsp3) is 0.556. The summed E-state index contributed by atoms with van der Waals surface area (Å²) < 4.78 is 0. The largest absolute Gasteiger partial charge is 0.481 e. The highest BCUT2D eigenvalue weighted by Gasteiger charge is 2.32. The lowest BCUT2D eigenvalue weighted by atomic mass is 9.75. The molecule has 1 aliphatic rings. The normalized spacial score (nSPS) is 15.5. The van der Waals surface area contributed by atoms with E-state index in [9.17, 15) is 19.2 Å². The van der Waals surface area contributed by atoms with Gasteiger partial charge in [0.2, 0.25) is 0 Å². The highest BCUT2D eigenvalue weighted by Crippen LogP contribution is 2.33. The second-order valence-electron chi connectivity index (χ2n) is 7.31. The molecule has 0 aliphatic heterocycles. The summed E-state index contributed by atoms with van der Waals surface area (Å²) >= 11 is 0. The molecule has 0 unspecified atom stereocenters. The molecule has 0 aromatic carbocycles. The number of ketones is 1. The maximum Gasteiger partial charge on any atom is 0.303 e. The number of aliphatic carboxylic acids is 1. The number of aromatic amines is 1. The van der Waals surface area contributed by atoms with E-state index < -0.39 is 17.4 Å². The van der Waals surface area contributed by atoms with E-state index in [4.69, 9.17) is 5.11 Å². The zero-order chi connectivity index (χ0) is 18.6. The average Bonchev–Trinajstić information content (AvgIpc) is 2.48. The van der Waals surface area contributed by atoms with Crippen LogP contribution in [0.25, 0.3) is 0 Å². The van der Waals surface area contributed by atoms with Crippen LogP contribution in [0, 0.1) is 5.41 Å². The number of H-pyrrole nitrogens is 1. The number of amides is 1. The third-order valence-electron chi connectivity index (χ3n) is 4.32. The van der Waals surface area contributed by atoms with E-state index in [1.807, 2.05) is 13.8 Å². The molecule has 3 N–H and O–H groups in total. The third-order valence-corrected chi connectivity index (χ3v) is 4.32. The number of Topliss-reactive ketones (excluding diaryl/α,β-unsaturated/α-hetero) is 1. The zero-order valence-corrected chi connectivity index (χ0v) is 14.6. The number of carboxylic acids is 1. The molecule has 1 amide bonds. The molecule has 7 heteroatoms. The van der Waals surface area contributed by atoms with E-state index in [-0.39, 0.29) is 23.2 Å². The number of carboxylic acid groups (broad SMARTS) is 1. The molecule has 1 aromatic heterocycles. The summed E-state index contributed by atoms with van der Waals surface area (Å²) in [5.74, 6) is -1.41. The number of fused-ring (bicyclic) bond motifs is 1. The number of carbonyl (C=O) groups excluding carboxylic acids is 2. The Kier molecular flexibility index (Phi) is 5.77. The number of rotatable bonds is 7. The van der Waals surface area contributed by atoms with Gasteiger partial charge < -0.3 is 15.4 Å². The molecular formula is C18H24N2O5. The number of hydrogen-bond donors (Lipinski definition) is 3. The number of hydrogen-bond acceptors (Lipinski definition) is 4. The number of unbranched alkanes of at least 4 members (excludes halogenated alkanes) is 2. The van der Waals surface area contributed by atoms with Crippen LogP contribution in [0.15, 0.2) is 10.9 Å². The molecule has 0 spiro atoms. The van der Waals surface area contributed by atoms with Gasteiger partial charge in [0.15, 0.2) is 5.78 Å². The number of carbonyl (C=O) groups is 3. The van der Waals surface area contributed by atoms with Gasteiger partial charge in [0.05, 0.1) is 0 Å². The molecule has 7 nitrogen and oxygen atoms in total. The maximum absolute atomic E-state index is 12.3. The van der Waals surface area contributed by atoms with E-state index in [0.717, 1.165) is 0 Å². The Bertz CT molecular complexity index is 748. The van der Waals surface area contributed by atoms with Gasteiger partial charge in [0, 0.05) is 30.6 Å². The number of pyridine rings is 1. The fourth-order valence-corrected chi connectivity index (χ4v) is 3.07. The molecule has 1 aliphatic carbocycles. The van der Waals surface area contributed by atoms with Crippen molar-refractivity contribution >= 4 is 17.7 Å². The van der Waals surface area contributed by atoms with Crippen LogP contribution in [0.4, 0.5) is 0 Å². The third kappa shape index (κ3) is 5.01. The summed E-state index contributed by atoms with van der Waals surface area (Å²) in [7, 11) is 0. The van der Waals surface area contributed by atoms with Crippen molar-refractivity contribution < 1.29 is 19.5 Å². The Morgan fingerprint density at radius 1 is 1.20 bits per heavy atom. The van der Waals surface area contributed by atoms with E-state index in [0.29, 0.717) is 49.9 Å². The van der Waals surface area contributed by atoms with Crippen molar-refractivity contribution in [3.63, 3.8) is 0 Å². The van der Waals surface area contributed by atoms with Crippen LogP contribution < -0.4 is 10.9 Å². The topological polar surface area (TPSA) is 116 Å². The summed E-state index contributed by atoms with van der Waals surface area (Å²) in [6.07, 6.45) is 2.95. The standard InChI is InChI=1S/C18H24N2O5/c1-18(2)9-13-11(14(21)10-18)8-12(17(25)20-13)16(24)19-7-5-3-4-6-15(22)23/h8H,3-7,9-10H2,1-2H3,(H,19,24)(H,20,25)(H,22,23). The molecule has 0 fully saturated rings. The average molecular weight is 348 g/mol. The van der Waals surface area contributed by atoms with Gasteiger partial charge in [-0.1, -0.05) is 20.3 Å². The fourth-order valence-electron chi connectivity index (χ4n) is 3.07. The van der Waals surface area contributed by atoms with Crippen LogP contribution in [0.1, 0.15) is 72.4 Å². The van der Waals surface area contributed by atoms with Crippen molar-refractivity contribution in [2.45, 2.75) is 52.4 Å². The minimum Gasteiger partial charge on any atom is -0.481 e. The molecule has 0 atom stereocenters. The molecule has 0 saturated carbocycles. The van der Waals surface area contributed by atoms with E-state index in [1.165, 1.54) is 6.07 Å². The molecule has 136 valence electrons. The molecule has 25 heavy (non-hydrogen) atoms. The van der Waals surface area contributed by atoms with Crippen molar-refractivity contribution in [3.05, 3.63) is 33.2 Å². The lowest BCUT2D eigenvalue weighted by Crippen LogP contribution is -2.35. The summed E-state index contributed by atoms with van der Waals surface area (Å²) in [6, 6.07) is 1.39. The van der Waals surface area contributed by atoms with E-state index >= 15 is 0 Å². The van der Waals surface area contributed by atoms with E-state index in [1.54, 1.807) is 0 Å². The van der Waals surface area contributed by atoms with Crippen molar-refractivity contribution in [1.29, 1.82) is 0 Å². The first kappa shape index (κ1) is 18.9. The Labute approximate surface area is 145 Å². The quantitative estimate of drug-likeness (QED) is 0.651. The van der Waals surface area contributed by atoms with Gasteiger partial charge in [-0.15, -0.1) is 0 Å². The van der Waals surface area contributed by atoms with Gasteiger partial charge in [-0.25, -0.2) is 0 Å². The van der Waals surface area contributed by atoms with Crippen LogP contribution in [-0.2, 0) is 11.2 Å². The zero-order valence-electron chi connectivity index (χ0n) is 14.6. The van der Waals surface area contributed by atoms with Crippen LogP contribution in [0.5, 0.6) is 0 Å². The molecule has 0 bridgehead atoms.